The summed E-state index contributed by atoms with van der Waals surface area (Å²) >= 11 is 0. The van der Waals surface area contributed by atoms with E-state index in [-0.39, 0.29) is 40.3 Å². The molecule has 224 valence electrons. The van der Waals surface area contributed by atoms with Gasteiger partial charge in [0.05, 0.1) is 25.2 Å². The molecule has 0 radical (unpaired) electrons. The predicted molar refractivity (Wildman–Crippen MR) is 161 cm³/mol. The Morgan fingerprint density at radius 3 is 2.51 bits per heavy atom. The Kier molecular flexibility index (Phi) is 6.80. The summed E-state index contributed by atoms with van der Waals surface area (Å²) in [6, 6.07) is 13.2. The van der Waals surface area contributed by atoms with Crippen molar-refractivity contribution in [1.29, 1.82) is 0 Å². The average Bonchev–Trinajstić information content (AvgIpc) is 3.46. The highest BCUT2D eigenvalue weighted by atomic mass is 19.1. The van der Waals surface area contributed by atoms with Crippen molar-refractivity contribution in [1.82, 2.24) is 20.2 Å². The van der Waals surface area contributed by atoms with E-state index in [1.807, 2.05) is 29.2 Å². The Bertz CT molecular complexity index is 1680. The number of phenolic OH excluding ortho intramolecular Hbond substituents is 1. The molecule has 4 saturated heterocycles. The Hall–Kier alpha value is -3.60. The zero-order valence-electron chi connectivity index (χ0n) is 23.9. The molecule has 4 atom stereocenters. The van der Waals surface area contributed by atoms with Crippen LogP contribution in [0.15, 0.2) is 42.5 Å². The molecule has 8 rings (SSSR count). The number of hydrogen-bond donors (Lipinski definition) is 2. The van der Waals surface area contributed by atoms with E-state index >= 15 is 8.78 Å². The van der Waals surface area contributed by atoms with Crippen molar-refractivity contribution in [2.75, 3.05) is 44.4 Å². The molecule has 4 aliphatic heterocycles. The van der Waals surface area contributed by atoms with Gasteiger partial charge in [-0.05, 0) is 66.6 Å². The van der Waals surface area contributed by atoms with E-state index in [4.69, 9.17) is 14.5 Å². The van der Waals surface area contributed by atoms with Crippen molar-refractivity contribution < 1.29 is 23.4 Å². The summed E-state index contributed by atoms with van der Waals surface area (Å²) in [5.41, 5.74) is 0.326. The summed E-state index contributed by atoms with van der Waals surface area (Å²) in [5.74, 6) is -0.919. The van der Waals surface area contributed by atoms with E-state index in [2.05, 4.69) is 15.2 Å². The minimum Gasteiger partial charge on any atom is -0.508 e. The summed E-state index contributed by atoms with van der Waals surface area (Å²) in [7, 11) is 0. The van der Waals surface area contributed by atoms with Crippen LogP contribution in [0.5, 0.6) is 11.8 Å². The molecule has 3 aromatic carbocycles. The molecule has 10 heteroatoms. The summed E-state index contributed by atoms with van der Waals surface area (Å²) in [6.07, 6.45) is 5.19. The number of halogens is 2. The van der Waals surface area contributed by atoms with Crippen LogP contribution in [0.2, 0.25) is 0 Å². The van der Waals surface area contributed by atoms with Crippen LogP contribution in [-0.4, -0.2) is 83.6 Å². The molecule has 0 spiro atoms. The topological polar surface area (TPSA) is 83.0 Å². The van der Waals surface area contributed by atoms with Crippen LogP contribution in [0.3, 0.4) is 0 Å². The van der Waals surface area contributed by atoms with Gasteiger partial charge in [-0.15, -0.1) is 0 Å². The molecular formula is C33H35F2N5O3. The van der Waals surface area contributed by atoms with Gasteiger partial charge in [-0.25, -0.2) is 8.78 Å². The van der Waals surface area contributed by atoms with E-state index in [1.165, 1.54) is 12.1 Å². The maximum atomic E-state index is 16.6. The van der Waals surface area contributed by atoms with E-state index < -0.39 is 11.6 Å². The highest BCUT2D eigenvalue weighted by Gasteiger charge is 2.37. The number of hydrogen-bond acceptors (Lipinski definition) is 8. The van der Waals surface area contributed by atoms with E-state index in [0.717, 1.165) is 57.2 Å². The second kappa shape index (κ2) is 10.8. The molecule has 43 heavy (non-hydrogen) atoms. The average molecular weight is 588 g/mol. The number of aromatic nitrogens is 2. The first-order valence-corrected chi connectivity index (χ1v) is 15.4. The lowest BCUT2D eigenvalue weighted by Crippen LogP contribution is -2.51. The number of nitrogens with zero attached hydrogens (tertiary/aromatic N) is 4. The first kappa shape index (κ1) is 27.0. The minimum atomic E-state index is -0.663. The van der Waals surface area contributed by atoms with Gasteiger partial charge in [-0.3, -0.25) is 4.90 Å². The number of nitrogens with one attached hydrogen (secondary N) is 1. The standard InChI is InChI=1S/C33H35F2N5O3/c34-28-14-27(26-13-24(41)12-19-4-1-2-5-25(19)26)30(35)31-29(28)32(39-15-20-6-7-21(16-39)36-20)38-33(37-31)43-11-3-10-40-22-8-9-23(40)18-42-17-22/h1-2,4-5,12-14,20-23,36,41H,3,6-11,15-18H2/t20-,21+,22?,23?. The lowest BCUT2D eigenvalue weighted by molar-refractivity contribution is -0.0161. The van der Waals surface area contributed by atoms with Gasteiger partial charge in [0.15, 0.2) is 5.82 Å². The van der Waals surface area contributed by atoms with Crippen LogP contribution >= 0.6 is 0 Å². The molecular weight excluding hydrogens is 552 g/mol. The smallest absolute Gasteiger partial charge is 0.319 e. The summed E-state index contributed by atoms with van der Waals surface area (Å²) < 4.78 is 44.5. The number of ether oxygens (including phenoxy) is 2. The second-order valence-corrected chi connectivity index (χ2v) is 12.4. The normalized spacial score (nSPS) is 25.2. The molecule has 8 nitrogen and oxygen atoms in total. The third kappa shape index (κ3) is 4.85. The van der Waals surface area contributed by atoms with Crippen LogP contribution in [0.4, 0.5) is 14.6 Å². The number of benzene rings is 3. The quantitative estimate of drug-likeness (QED) is 0.292. The molecule has 4 aliphatic rings. The minimum absolute atomic E-state index is 0.0222. The summed E-state index contributed by atoms with van der Waals surface area (Å²) in [5, 5.41) is 15.5. The van der Waals surface area contributed by atoms with E-state index in [1.54, 1.807) is 6.07 Å². The van der Waals surface area contributed by atoms with Crippen molar-refractivity contribution in [2.24, 2.45) is 0 Å². The summed E-state index contributed by atoms with van der Waals surface area (Å²) in [4.78, 5) is 13.7. The van der Waals surface area contributed by atoms with Crippen molar-refractivity contribution in [3.05, 3.63) is 54.1 Å². The first-order valence-electron chi connectivity index (χ1n) is 15.4. The van der Waals surface area contributed by atoms with Gasteiger partial charge in [0.2, 0.25) is 0 Å². The van der Waals surface area contributed by atoms with Crippen molar-refractivity contribution in [3.8, 4) is 22.9 Å². The van der Waals surface area contributed by atoms with Gasteiger partial charge in [-0.1, -0.05) is 24.3 Å². The monoisotopic (exact) mass is 587 g/mol. The fraction of sp³-hybridized carbons (Fsp3) is 0.455. The molecule has 4 fully saturated rings. The Balaban J connectivity index is 1.17. The molecule has 5 heterocycles. The largest absolute Gasteiger partial charge is 0.508 e. The molecule has 4 bridgehead atoms. The van der Waals surface area contributed by atoms with Crippen LogP contribution in [0.1, 0.15) is 32.1 Å². The number of phenols is 1. The van der Waals surface area contributed by atoms with Crippen molar-refractivity contribution in [2.45, 2.75) is 56.3 Å². The molecule has 2 unspecified atom stereocenters. The number of anilines is 1. The summed E-state index contributed by atoms with van der Waals surface area (Å²) in [6.45, 7) is 4.13. The molecule has 0 amide bonds. The molecule has 0 aliphatic carbocycles. The number of rotatable bonds is 7. The highest BCUT2D eigenvalue weighted by Crippen LogP contribution is 2.40. The zero-order valence-corrected chi connectivity index (χ0v) is 23.9. The van der Waals surface area contributed by atoms with E-state index in [9.17, 15) is 5.11 Å². The second-order valence-electron chi connectivity index (χ2n) is 12.4. The third-order valence-electron chi connectivity index (χ3n) is 9.66. The van der Waals surface area contributed by atoms with E-state index in [0.29, 0.717) is 48.5 Å². The fourth-order valence-electron chi connectivity index (χ4n) is 7.66. The number of fused-ring (bicyclic) bond motifs is 6. The Morgan fingerprint density at radius 2 is 1.72 bits per heavy atom. The third-order valence-corrected chi connectivity index (χ3v) is 9.66. The van der Waals surface area contributed by atoms with Gasteiger partial charge in [-0.2, -0.15) is 9.97 Å². The van der Waals surface area contributed by atoms with Gasteiger partial charge < -0.3 is 24.8 Å². The zero-order chi connectivity index (χ0) is 29.1. The van der Waals surface area contributed by atoms with Crippen LogP contribution in [0.25, 0.3) is 32.8 Å². The van der Waals surface area contributed by atoms with Crippen LogP contribution in [0, 0.1) is 11.6 Å². The van der Waals surface area contributed by atoms with Gasteiger partial charge >= 0.3 is 6.01 Å². The van der Waals surface area contributed by atoms with Crippen LogP contribution < -0.4 is 15.0 Å². The highest BCUT2D eigenvalue weighted by molar-refractivity contribution is 6.01. The number of aromatic hydroxyl groups is 1. The number of piperazine rings is 1. The maximum Gasteiger partial charge on any atom is 0.319 e. The van der Waals surface area contributed by atoms with Crippen molar-refractivity contribution >= 4 is 27.5 Å². The lowest BCUT2D eigenvalue weighted by atomic mass is 9.96. The van der Waals surface area contributed by atoms with Gasteiger partial charge in [0, 0.05) is 49.4 Å². The van der Waals surface area contributed by atoms with Gasteiger partial charge in [0.1, 0.15) is 22.9 Å². The van der Waals surface area contributed by atoms with Crippen molar-refractivity contribution in [3.63, 3.8) is 0 Å². The number of morpholine rings is 1. The fourth-order valence-corrected chi connectivity index (χ4v) is 7.66. The molecule has 1 aromatic heterocycles. The molecule has 0 saturated carbocycles. The predicted octanol–water partition coefficient (Wildman–Crippen LogP) is 5.01. The molecule has 4 aromatic rings. The lowest BCUT2D eigenvalue weighted by Gasteiger charge is -2.34. The maximum absolute atomic E-state index is 16.6. The van der Waals surface area contributed by atoms with Gasteiger partial charge in [0.25, 0.3) is 0 Å². The Morgan fingerprint density at radius 1 is 0.953 bits per heavy atom. The van der Waals surface area contributed by atoms with Crippen LogP contribution in [-0.2, 0) is 4.74 Å². The Labute approximate surface area is 248 Å². The SMILES string of the molecule is Oc1cc(-c2cc(F)c3c(N4C[C@H]5CC[C@@H](C4)N5)nc(OCCCN4C5CCC4COC5)nc3c2F)c2ccccc2c1. The molecule has 2 N–H and O–H groups in total. The first-order chi connectivity index (χ1) is 21.0.